The predicted molar refractivity (Wildman–Crippen MR) is 117 cm³/mol. The van der Waals surface area contributed by atoms with Crippen LogP contribution < -0.4 is 14.8 Å². The maximum Gasteiger partial charge on any atom is 0.261 e. The van der Waals surface area contributed by atoms with Gasteiger partial charge in [0.05, 0.1) is 22.7 Å². The van der Waals surface area contributed by atoms with Gasteiger partial charge in [-0.3, -0.25) is 9.52 Å². The number of carbonyl (C=O) groups excluding carboxylic acids is 1. The lowest BCUT2D eigenvalue weighted by molar-refractivity contribution is 0.0948. The second kappa shape index (κ2) is 9.45. The highest BCUT2D eigenvalue weighted by atomic mass is 32.2. The second-order valence-corrected chi connectivity index (χ2v) is 8.52. The topological polar surface area (TPSA) is 84.5 Å². The summed E-state index contributed by atoms with van der Waals surface area (Å²) in [5.41, 5.74) is 2.64. The van der Waals surface area contributed by atoms with Crippen molar-refractivity contribution in [1.82, 2.24) is 5.32 Å². The molecule has 7 heteroatoms. The van der Waals surface area contributed by atoms with Crippen LogP contribution in [0.3, 0.4) is 0 Å². The van der Waals surface area contributed by atoms with E-state index in [-0.39, 0.29) is 28.6 Å². The Morgan fingerprint density at radius 3 is 2.37 bits per heavy atom. The average molecular weight is 425 g/mol. The Hall–Kier alpha value is -3.32. The normalized spacial score (nSPS) is 11.0. The summed E-state index contributed by atoms with van der Waals surface area (Å²) in [5, 5.41) is 2.77. The third-order valence-electron chi connectivity index (χ3n) is 4.45. The smallest absolute Gasteiger partial charge is 0.261 e. The monoisotopic (exact) mass is 424 g/mol. The largest absolute Gasteiger partial charge is 0.491 e. The Balaban J connectivity index is 1.63. The van der Waals surface area contributed by atoms with Crippen LogP contribution in [0.15, 0.2) is 77.7 Å². The van der Waals surface area contributed by atoms with E-state index >= 15 is 0 Å². The molecule has 0 saturated heterocycles. The number of para-hydroxylation sites is 1. The maximum absolute atomic E-state index is 12.6. The van der Waals surface area contributed by atoms with Gasteiger partial charge in [-0.05, 0) is 49.7 Å². The molecule has 0 aromatic heterocycles. The van der Waals surface area contributed by atoms with Crippen LogP contribution >= 0.6 is 0 Å². The summed E-state index contributed by atoms with van der Waals surface area (Å²) in [6, 6.07) is 20.4. The summed E-state index contributed by atoms with van der Waals surface area (Å²) in [6.07, 6.45) is 0. The highest BCUT2D eigenvalue weighted by Gasteiger charge is 2.18. The van der Waals surface area contributed by atoms with E-state index < -0.39 is 10.0 Å². The molecule has 3 rings (SSSR count). The number of nitrogens with one attached hydrogen (secondary N) is 2. The Kier molecular flexibility index (Phi) is 6.74. The molecular weight excluding hydrogens is 400 g/mol. The molecule has 0 atom stereocenters. The van der Waals surface area contributed by atoms with Crippen LogP contribution in [0.2, 0.25) is 0 Å². The van der Waals surface area contributed by atoms with Crippen LogP contribution in [0.4, 0.5) is 5.69 Å². The number of carbonyl (C=O) groups is 1. The fourth-order valence-corrected chi connectivity index (χ4v) is 4.06. The van der Waals surface area contributed by atoms with Crippen molar-refractivity contribution >= 4 is 21.6 Å². The molecule has 0 fully saturated rings. The van der Waals surface area contributed by atoms with Gasteiger partial charge in [0.15, 0.2) is 0 Å². The number of rotatable bonds is 8. The molecular formula is C23H24N2O4S. The molecule has 0 unspecified atom stereocenters. The van der Waals surface area contributed by atoms with Gasteiger partial charge < -0.3 is 10.1 Å². The van der Waals surface area contributed by atoms with Crippen molar-refractivity contribution < 1.29 is 17.9 Å². The van der Waals surface area contributed by atoms with E-state index in [4.69, 9.17) is 4.74 Å². The highest BCUT2D eigenvalue weighted by molar-refractivity contribution is 7.92. The summed E-state index contributed by atoms with van der Waals surface area (Å²) in [4.78, 5) is 12.7. The minimum Gasteiger partial charge on any atom is -0.491 e. The first-order valence-electron chi connectivity index (χ1n) is 9.52. The number of hydrogen-bond acceptors (Lipinski definition) is 4. The van der Waals surface area contributed by atoms with Gasteiger partial charge in [-0.25, -0.2) is 8.42 Å². The Morgan fingerprint density at radius 2 is 1.63 bits per heavy atom. The van der Waals surface area contributed by atoms with E-state index in [1.165, 1.54) is 12.1 Å². The molecule has 0 aliphatic carbocycles. The second-order valence-electron chi connectivity index (χ2n) is 6.84. The van der Waals surface area contributed by atoms with Crippen LogP contribution in [-0.2, 0) is 10.0 Å². The number of benzene rings is 3. The zero-order valence-electron chi connectivity index (χ0n) is 16.9. The molecule has 0 bridgehead atoms. The number of hydrogen-bond donors (Lipinski definition) is 2. The first-order valence-corrected chi connectivity index (χ1v) is 11.0. The van der Waals surface area contributed by atoms with Crippen molar-refractivity contribution in [3.63, 3.8) is 0 Å². The fourth-order valence-electron chi connectivity index (χ4n) is 2.96. The van der Waals surface area contributed by atoms with Crippen LogP contribution in [0.25, 0.3) is 0 Å². The van der Waals surface area contributed by atoms with E-state index in [2.05, 4.69) is 10.0 Å². The molecule has 3 aromatic carbocycles. The fraction of sp³-hybridized carbons (Fsp3) is 0.174. The van der Waals surface area contributed by atoms with Gasteiger partial charge in [-0.1, -0.05) is 48.0 Å². The van der Waals surface area contributed by atoms with E-state index in [1.807, 2.05) is 32.0 Å². The molecule has 0 radical (unpaired) electrons. The van der Waals surface area contributed by atoms with Crippen LogP contribution in [0.1, 0.15) is 21.5 Å². The van der Waals surface area contributed by atoms with Gasteiger partial charge in [0, 0.05) is 0 Å². The first-order chi connectivity index (χ1) is 14.4. The molecule has 0 saturated carbocycles. The maximum atomic E-state index is 12.6. The minimum atomic E-state index is -3.79. The van der Waals surface area contributed by atoms with Gasteiger partial charge >= 0.3 is 0 Å². The molecule has 2 N–H and O–H groups in total. The van der Waals surface area contributed by atoms with Crippen molar-refractivity contribution in [3.05, 3.63) is 89.5 Å². The molecule has 3 aromatic rings. The molecule has 0 aliphatic rings. The van der Waals surface area contributed by atoms with Crippen molar-refractivity contribution in [2.24, 2.45) is 0 Å². The Labute approximate surface area is 177 Å². The number of amides is 1. The van der Waals surface area contributed by atoms with Gasteiger partial charge in [-0.15, -0.1) is 0 Å². The SMILES string of the molecule is Cc1ccc(OCCNC(=O)c2ccccc2NS(=O)(=O)c2ccccc2)c(C)c1. The minimum absolute atomic E-state index is 0.127. The molecule has 0 aliphatic heterocycles. The first kappa shape index (κ1) is 21.4. The lowest BCUT2D eigenvalue weighted by Gasteiger charge is -2.13. The van der Waals surface area contributed by atoms with E-state index in [1.54, 1.807) is 42.5 Å². The van der Waals surface area contributed by atoms with Crippen molar-refractivity contribution in [2.75, 3.05) is 17.9 Å². The number of ether oxygens (including phenoxy) is 1. The molecule has 30 heavy (non-hydrogen) atoms. The number of aryl methyl sites for hydroxylation is 2. The average Bonchev–Trinajstić information content (AvgIpc) is 2.73. The van der Waals surface area contributed by atoms with Crippen LogP contribution in [0.5, 0.6) is 5.75 Å². The van der Waals surface area contributed by atoms with Gasteiger partial charge in [0.1, 0.15) is 12.4 Å². The van der Waals surface area contributed by atoms with Gasteiger partial charge in [0.25, 0.3) is 15.9 Å². The lowest BCUT2D eigenvalue weighted by Crippen LogP contribution is -2.29. The van der Waals surface area contributed by atoms with Crippen LogP contribution in [0, 0.1) is 13.8 Å². The third-order valence-corrected chi connectivity index (χ3v) is 5.83. The van der Waals surface area contributed by atoms with Crippen LogP contribution in [-0.4, -0.2) is 27.5 Å². The quantitative estimate of drug-likeness (QED) is 0.537. The highest BCUT2D eigenvalue weighted by Crippen LogP contribution is 2.20. The summed E-state index contributed by atoms with van der Waals surface area (Å²) in [5.74, 6) is 0.386. The Bertz CT molecular complexity index is 1130. The van der Waals surface area contributed by atoms with E-state index in [0.717, 1.165) is 16.9 Å². The van der Waals surface area contributed by atoms with Crippen molar-refractivity contribution in [3.8, 4) is 5.75 Å². The summed E-state index contributed by atoms with van der Waals surface area (Å²) < 4.78 is 33.4. The lowest BCUT2D eigenvalue weighted by atomic mass is 10.1. The van der Waals surface area contributed by atoms with E-state index in [0.29, 0.717) is 6.61 Å². The van der Waals surface area contributed by atoms with Gasteiger partial charge in [-0.2, -0.15) is 0 Å². The summed E-state index contributed by atoms with van der Waals surface area (Å²) in [6.45, 7) is 4.57. The zero-order chi connectivity index (χ0) is 21.6. The molecule has 0 heterocycles. The Morgan fingerprint density at radius 1 is 0.933 bits per heavy atom. The zero-order valence-corrected chi connectivity index (χ0v) is 17.7. The number of sulfonamides is 1. The van der Waals surface area contributed by atoms with Gasteiger partial charge in [0.2, 0.25) is 0 Å². The molecule has 6 nitrogen and oxygen atoms in total. The predicted octanol–water partition coefficient (Wildman–Crippen LogP) is 3.91. The number of anilines is 1. The van der Waals surface area contributed by atoms with Crippen molar-refractivity contribution in [1.29, 1.82) is 0 Å². The summed E-state index contributed by atoms with van der Waals surface area (Å²) >= 11 is 0. The third kappa shape index (κ3) is 5.39. The molecule has 1 amide bonds. The summed E-state index contributed by atoms with van der Waals surface area (Å²) in [7, 11) is -3.79. The molecule has 0 spiro atoms. The standard InChI is InChI=1S/C23H24N2O4S/c1-17-12-13-22(18(2)16-17)29-15-14-24-23(26)20-10-6-7-11-21(20)25-30(27,28)19-8-4-3-5-9-19/h3-13,16,25H,14-15H2,1-2H3,(H,24,26). The van der Waals surface area contributed by atoms with Crippen molar-refractivity contribution in [2.45, 2.75) is 18.7 Å². The molecule has 156 valence electrons. The van der Waals surface area contributed by atoms with E-state index in [9.17, 15) is 13.2 Å².